The molecule has 0 radical (unpaired) electrons. The minimum absolute atomic E-state index is 0.00224. The van der Waals surface area contributed by atoms with Crippen LogP contribution in [-0.2, 0) is 11.2 Å². The fourth-order valence-electron chi connectivity index (χ4n) is 3.49. The van der Waals surface area contributed by atoms with Crippen molar-refractivity contribution in [2.75, 3.05) is 13.7 Å². The van der Waals surface area contributed by atoms with Crippen LogP contribution in [0.15, 0.2) is 28.8 Å². The number of para-hydroxylation sites is 1. The Balaban J connectivity index is 1.45. The normalized spacial score (nSPS) is 22.3. The van der Waals surface area contributed by atoms with Crippen LogP contribution in [0.3, 0.4) is 0 Å². The van der Waals surface area contributed by atoms with Crippen molar-refractivity contribution >= 4 is 5.91 Å². The van der Waals surface area contributed by atoms with Gasteiger partial charge in [-0.3, -0.25) is 4.79 Å². The summed E-state index contributed by atoms with van der Waals surface area (Å²) in [6.45, 7) is 2.23. The number of nitrogens with one attached hydrogen (secondary N) is 1. The van der Waals surface area contributed by atoms with E-state index in [-0.39, 0.29) is 17.7 Å². The zero-order valence-corrected chi connectivity index (χ0v) is 15.1. The van der Waals surface area contributed by atoms with E-state index in [0.29, 0.717) is 37.5 Å². The molecule has 0 bridgehead atoms. The second-order valence-electron chi connectivity index (χ2n) is 6.79. The van der Waals surface area contributed by atoms with E-state index in [1.165, 1.54) is 0 Å². The van der Waals surface area contributed by atoms with Gasteiger partial charge in [-0.15, -0.1) is 0 Å². The first-order valence-corrected chi connectivity index (χ1v) is 8.93. The molecule has 3 rings (SSSR count). The maximum absolute atomic E-state index is 12.2. The molecule has 1 fully saturated rings. The lowest BCUT2D eigenvalue weighted by Crippen LogP contribution is -2.32. The number of aromatic nitrogens is 2. The third kappa shape index (κ3) is 4.40. The van der Waals surface area contributed by atoms with Crippen LogP contribution in [0.4, 0.5) is 0 Å². The van der Waals surface area contributed by atoms with E-state index in [9.17, 15) is 9.90 Å². The van der Waals surface area contributed by atoms with Gasteiger partial charge in [0.05, 0.1) is 13.2 Å². The Labute approximate surface area is 152 Å². The van der Waals surface area contributed by atoms with Gasteiger partial charge in [0.15, 0.2) is 5.82 Å². The van der Waals surface area contributed by atoms with Crippen molar-refractivity contribution in [3.8, 4) is 5.75 Å². The van der Waals surface area contributed by atoms with E-state index >= 15 is 0 Å². The number of carbonyl (C=O) groups is 1. The highest BCUT2D eigenvalue weighted by atomic mass is 16.5. The van der Waals surface area contributed by atoms with Crippen LogP contribution in [-0.4, -0.2) is 40.9 Å². The van der Waals surface area contributed by atoms with Gasteiger partial charge in [-0.2, -0.15) is 4.98 Å². The predicted octanol–water partition coefficient (Wildman–Crippen LogP) is 1.99. The molecule has 26 heavy (non-hydrogen) atoms. The molecule has 3 atom stereocenters. The molecule has 0 unspecified atom stereocenters. The van der Waals surface area contributed by atoms with Gasteiger partial charge in [-0.25, -0.2) is 0 Å². The fourth-order valence-corrected chi connectivity index (χ4v) is 3.49. The zero-order chi connectivity index (χ0) is 18.5. The number of ether oxygens (including phenoxy) is 1. The van der Waals surface area contributed by atoms with Crippen molar-refractivity contribution < 1.29 is 19.2 Å². The predicted molar refractivity (Wildman–Crippen MR) is 94.8 cm³/mol. The lowest BCUT2D eigenvalue weighted by Gasteiger charge is -2.15. The molecule has 1 aromatic carbocycles. The van der Waals surface area contributed by atoms with E-state index in [1.54, 1.807) is 14.0 Å². The van der Waals surface area contributed by atoms with Gasteiger partial charge in [-0.05, 0) is 37.8 Å². The van der Waals surface area contributed by atoms with Crippen molar-refractivity contribution in [2.24, 2.45) is 5.92 Å². The van der Waals surface area contributed by atoms with Crippen LogP contribution >= 0.6 is 0 Å². The van der Waals surface area contributed by atoms with Crippen LogP contribution in [0.5, 0.6) is 5.75 Å². The van der Waals surface area contributed by atoms with Gasteiger partial charge in [0.2, 0.25) is 11.8 Å². The van der Waals surface area contributed by atoms with Crippen molar-refractivity contribution in [1.29, 1.82) is 0 Å². The van der Waals surface area contributed by atoms with Crippen LogP contribution in [0.2, 0.25) is 0 Å². The molecule has 1 amide bonds. The Bertz CT molecular complexity index is 746. The zero-order valence-electron chi connectivity index (χ0n) is 15.1. The Kier molecular flexibility index (Phi) is 5.88. The number of rotatable bonds is 7. The summed E-state index contributed by atoms with van der Waals surface area (Å²) in [4.78, 5) is 16.4. The number of aliphatic hydroxyl groups excluding tert-OH is 1. The minimum atomic E-state index is -0.471. The maximum Gasteiger partial charge on any atom is 0.229 e. The van der Waals surface area contributed by atoms with Gasteiger partial charge in [0.25, 0.3) is 0 Å². The summed E-state index contributed by atoms with van der Waals surface area (Å²) in [5, 5.41) is 17.0. The van der Waals surface area contributed by atoms with E-state index in [2.05, 4.69) is 15.5 Å². The highest BCUT2D eigenvalue weighted by molar-refractivity contribution is 5.76. The fraction of sp³-hybridized carbons (Fsp3) is 0.526. The van der Waals surface area contributed by atoms with Gasteiger partial charge in [0, 0.05) is 24.8 Å². The summed E-state index contributed by atoms with van der Waals surface area (Å²) < 4.78 is 10.5. The quantitative estimate of drug-likeness (QED) is 0.785. The molecule has 7 heteroatoms. The Morgan fingerprint density at radius 1 is 1.38 bits per heavy atom. The Morgan fingerprint density at radius 2 is 2.19 bits per heavy atom. The lowest BCUT2D eigenvalue weighted by molar-refractivity contribution is -0.121. The number of methoxy groups -OCH3 is 1. The van der Waals surface area contributed by atoms with Crippen LogP contribution in [0.1, 0.15) is 42.5 Å². The summed E-state index contributed by atoms with van der Waals surface area (Å²) in [6, 6.07) is 7.69. The average Bonchev–Trinajstić information content (AvgIpc) is 3.24. The summed E-state index contributed by atoms with van der Waals surface area (Å²) >= 11 is 0. The standard InChI is InChI=1S/C19H25N3O4/c1-12-21-19(26-22-12)14-9-15(16(23)10-14)11-20-18(24)8-7-13-5-3-4-6-17(13)25-2/h3-6,14-16,23H,7-11H2,1-2H3,(H,20,24)/t14-,15+,16+/m0/s1. The van der Waals surface area contributed by atoms with Crippen molar-refractivity contribution in [3.63, 3.8) is 0 Å². The Hall–Kier alpha value is -2.41. The number of benzene rings is 1. The summed E-state index contributed by atoms with van der Waals surface area (Å²) in [6.07, 6.45) is 1.85. The summed E-state index contributed by atoms with van der Waals surface area (Å²) in [5.41, 5.74) is 1.01. The highest BCUT2D eigenvalue weighted by Crippen LogP contribution is 2.37. The maximum atomic E-state index is 12.2. The Morgan fingerprint density at radius 3 is 2.92 bits per heavy atom. The second kappa shape index (κ2) is 8.31. The van der Waals surface area contributed by atoms with Crippen LogP contribution in [0.25, 0.3) is 0 Å². The van der Waals surface area contributed by atoms with Crippen molar-refractivity contribution in [2.45, 2.75) is 44.6 Å². The number of hydrogen-bond donors (Lipinski definition) is 2. The first kappa shape index (κ1) is 18.4. The minimum Gasteiger partial charge on any atom is -0.496 e. The third-order valence-electron chi connectivity index (χ3n) is 4.93. The third-order valence-corrected chi connectivity index (χ3v) is 4.93. The molecule has 0 aliphatic heterocycles. The molecular weight excluding hydrogens is 334 g/mol. The van der Waals surface area contributed by atoms with Gasteiger partial charge >= 0.3 is 0 Å². The van der Waals surface area contributed by atoms with Crippen molar-refractivity contribution in [3.05, 3.63) is 41.5 Å². The molecule has 1 aliphatic carbocycles. The lowest BCUT2D eigenvalue weighted by atomic mass is 10.0. The van der Waals surface area contributed by atoms with Crippen LogP contribution < -0.4 is 10.1 Å². The molecule has 140 valence electrons. The number of aliphatic hydroxyl groups is 1. The van der Waals surface area contributed by atoms with Gasteiger partial charge in [0.1, 0.15) is 5.75 Å². The van der Waals surface area contributed by atoms with Crippen molar-refractivity contribution in [1.82, 2.24) is 15.5 Å². The molecule has 1 aliphatic rings. The first-order valence-electron chi connectivity index (χ1n) is 8.93. The topological polar surface area (TPSA) is 97.5 Å². The number of aryl methyl sites for hydroxylation is 2. The molecular formula is C19H25N3O4. The smallest absolute Gasteiger partial charge is 0.229 e. The monoisotopic (exact) mass is 359 g/mol. The molecule has 1 saturated carbocycles. The first-order chi connectivity index (χ1) is 12.6. The molecule has 1 heterocycles. The highest BCUT2D eigenvalue weighted by Gasteiger charge is 2.36. The number of carbonyl (C=O) groups excluding carboxylic acids is 1. The largest absolute Gasteiger partial charge is 0.496 e. The van der Waals surface area contributed by atoms with Gasteiger partial charge in [-0.1, -0.05) is 23.4 Å². The molecule has 0 saturated heterocycles. The van der Waals surface area contributed by atoms with E-state index in [4.69, 9.17) is 9.26 Å². The van der Waals surface area contributed by atoms with E-state index < -0.39 is 6.10 Å². The number of amides is 1. The molecule has 0 spiro atoms. The molecule has 2 N–H and O–H groups in total. The molecule has 1 aromatic heterocycles. The van der Waals surface area contributed by atoms with E-state index in [1.807, 2.05) is 24.3 Å². The average molecular weight is 359 g/mol. The molecule has 7 nitrogen and oxygen atoms in total. The van der Waals surface area contributed by atoms with E-state index in [0.717, 1.165) is 17.7 Å². The summed E-state index contributed by atoms with van der Waals surface area (Å²) in [7, 11) is 1.63. The number of hydrogen-bond acceptors (Lipinski definition) is 6. The van der Waals surface area contributed by atoms with Crippen LogP contribution in [0, 0.1) is 12.8 Å². The van der Waals surface area contributed by atoms with Gasteiger partial charge < -0.3 is 19.7 Å². The number of nitrogens with zero attached hydrogens (tertiary/aromatic N) is 2. The molecule has 2 aromatic rings. The summed E-state index contributed by atoms with van der Waals surface area (Å²) in [5.74, 6) is 2.00. The SMILES string of the molecule is COc1ccccc1CCC(=O)NC[C@H]1C[C@H](c2nc(C)no2)C[C@H]1O. The second-order valence-corrected chi connectivity index (χ2v) is 6.79.